The van der Waals surface area contributed by atoms with Crippen molar-refractivity contribution in [2.45, 2.75) is 50.6 Å². The van der Waals surface area contributed by atoms with E-state index >= 15 is 0 Å². The Hall–Kier alpha value is -1.59. The highest BCUT2D eigenvalue weighted by molar-refractivity contribution is 5.91. The van der Waals surface area contributed by atoms with Crippen LogP contribution in [0.1, 0.15) is 38.5 Å². The van der Waals surface area contributed by atoms with Crippen molar-refractivity contribution in [3.05, 3.63) is 0 Å². The van der Waals surface area contributed by atoms with Gasteiger partial charge in [-0.1, -0.05) is 12.8 Å². The maximum absolute atomic E-state index is 12.6. The Balaban J connectivity index is 1.75. The summed E-state index contributed by atoms with van der Waals surface area (Å²) < 4.78 is 0. The topological polar surface area (TPSA) is 86.7 Å². The number of fused-ring (bicyclic) bond motifs is 1. The van der Waals surface area contributed by atoms with Gasteiger partial charge in [0.05, 0.1) is 24.4 Å². The Labute approximate surface area is 117 Å². The normalized spacial score (nSPS) is 36.6. The minimum atomic E-state index is -0.892. The molecule has 0 radical (unpaired) electrons. The fourth-order valence-corrected chi connectivity index (χ4v) is 3.72. The molecule has 0 aromatic heterocycles. The van der Waals surface area contributed by atoms with Crippen molar-refractivity contribution in [3.8, 4) is 0 Å². The molecule has 3 fully saturated rings. The van der Waals surface area contributed by atoms with E-state index in [-0.39, 0.29) is 30.4 Å². The molecule has 20 heavy (non-hydrogen) atoms. The molecule has 6 heteroatoms. The van der Waals surface area contributed by atoms with Crippen molar-refractivity contribution in [3.63, 3.8) is 0 Å². The van der Waals surface area contributed by atoms with Crippen LogP contribution in [0.3, 0.4) is 0 Å². The van der Waals surface area contributed by atoms with Crippen LogP contribution in [0.25, 0.3) is 0 Å². The second kappa shape index (κ2) is 5.07. The minimum absolute atomic E-state index is 0.0531. The third kappa shape index (κ3) is 2.17. The van der Waals surface area contributed by atoms with E-state index in [0.29, 0.717) is 12.8 Å². The molecule has 2 saturated carbocycles. The second-order valence-electron chi connectivity index (χ2n) is 6.12. The molecule has 3 rings (SSSR count). The number of aliphatic carboxylic acids is 1. The molecule has 0 spiro atoms. The molecule has 6 nitrogen and oxygen atoms in total. The number of carboxylic acids is 1. The third-order valence-corrected chi connectivity index (χ3v) is 4.98. The van der Waals surface area contributed by atoms with Gasteiger partial charge in [0.15, 0.2) is 0 Å². The number of carbonyl (C=O) groups is 3. The summed E-state index contributed by atoms with van der Waals surface area (Å²) in [7, 11) is 0. The SMILES string of the molecule is O=C1CN(C(=O)C2CCC2C(=O)O)C2CCCCC2N1. The standard InChI is InChI=1S/C14H20N2O4/c17-12-7-16(11-4-2-1-3-10(11)15-12)13(18)8-5-6-9(8)14(19)20/h8-11H,1-7H2,(H,15,17)(H,19,20). The molecule has 2 aliphatic carbocycles. The highest BCUT2D eigenvalue weighted by Crippen LogP contribution is 2.37. The van der Waals surface area contributed by atoms with Gasteiger partial charge in [0.25, 0.3) is 0 Å². The van der Waals surface area contributed by atoms with Crippen molar-refractivity contribution < 1.29 is 19.5 Å². The van der Waals surface area contributed by atoms with Crippen LogP contribution in [0, 0.1) is 11.8 Å². The molecule has 110 valence electrons. The fraction of sp³-hybridized carbons (Fsp3) is 0.786. The Morgan fingerprint density at radius 1 is 1.10 bits per heavy atom. The number of carboxylic acid groups (broad SMARTS) is 1. The quantitative estimate of drug-likeness (QED) is 0.765. The fourth-order valence-electron chi connectivity index (χ4n) is 3.72. The van der Waals surface area contributed by atoms with E-state index < -0.39 is 17.8 Å². The van der Waals surface area contributed by atoms with Crippen molar-refractivity contribution >= 4 is 17.8 Å². The zero-order valence-corrected chi connectivity index (χ0v) is 11.4. The zero-order chi connectivity index (χ0) is 14.3. The summed E-state index contributed by atoms with van der Waals surface area (Å²) in [5.41, 5.74) is 0. The van der Waals surface area contributed by atoms with Crippen LogP contribution in [0.15, 0.2) is 0 Å². The monoisotopic (exact) mass is 280 g/mol. The molecule has 2 amide bonds. The van der Waals surface area contributed by atoms with Gasteiger partial charge in [-0.05, 0) is 25.7 Å². The molecule has 0 bridgehead atoms. The van der Waals surface area contributed by atoms with Crippen LogP contribution in [0.4, 0.5) is 0 Å². The first kappa shape index (κ1) is 13.4. The first-order valence-corrected chi connectivity index (χ1v) is 7.40. The lowest BCUT2D eigenvalue weighted by Crippen LogP contribution is -2.64. The van der Waals surface area contributed by atoms with Crippen LogP contribution in [0.2, 0.25) is 0 Å². The second-order valence-corrected chi connectivity index (χ2v) is 6.12. The van der Waals surface area contributed by atoms with Crippen LogP contribution < -0.4 is 5.32 Å². The lowest BCUT2D eigenvalue weighted by Gasteiger charge is -2.46. The molecule has 0 aromatic carbocycles. The van der Waals surface area contributed by atoms with Gasteiger partial charge in [0, 0.05) is 6.04 Å². The summed E-state index contributed by atoms with van der Waals surface area (Å²) in [5, 5.41) is 12.0. The lowest BCUT2D eigenvalue weighted by molar-refractivity contribution is -0.160. The number of amides is 2. The van der Waals surface area contributed by atoms with Crippen LogP contribution in [0.5, 0.6) is 0 Å². The number of rotatable bonds is 2. The van der Waals surface area contributed by atoms with Crippen LogP contribution >= 0.6 is 0 Å². The molecule has 0 aromatic rings. The van der Waals surface area contributed by atoms with Gasteiger partial charge in [-0.15, -0.1) is 0 Å². The molecular weight excluding hydrogens is 260 g/mol. The van der Waals surface area contributed by atoms with E-state index in [1.807, 2.05) is 0 Å². The average Bonchev–Trinajstić information content (AvgIpc) is 2.35. The maximum Gasteiger partial charge on any atom is 0.307 e. The molecule has 1 aliphatic heterocycles. The number of piperazine rings is 1. The maximum atomic E-state index is 12.6. The summed E-state index contributed by atoms with van der Waals surface area (Å²) in [5.74, 6) is -2.13. The van der Waals surface area contributed by atoms with E-state index in [9.17, 15) is 14.4 Å². The van der Waals surface area contributed by atoms with E-state index in [1.54, 1.807) is 4.90 Å². The van der Waals surface area contributed by atoms with Gasteiger partial charge < -0.3 is 15.3 Å². The van der Waals surface area contributed by atoms with Crippen LogP contribution in [-0.2, 0) is 14.4 Å². The van der Waals surface area contributed by atoms with E-state index in [1.165, 1.54) is 0 Å². The highest BCUT2D eigenvalue weighted by Gasteiger charge is 2.47. The van der Waals surface area contributed by atoms with Crippen LogP contribution in [-0.4, -0.2) is 46.4 Å². The van der Waals surface area contributed by atoms with Gasteiger partial charge in [-0.25, -0.2) is 0 Å². The Bertz CT molecular complexity index is 450. The van der Waals surface area contributed by atoms with Gasteiger partial charge >= 0.3 is 5.97 Å². The number of hydrogen-bond donors (Lipinski definition) is 2. The van der Waals surface area contributed by atoms with Crippen molar-refractivity contribution in [2.75, 3.05) is 6.54 Å². The van der Waals surface area contributed by atoms with E-state index in [2.05, 4.69) is 5.32 Å². The smallest absolute Gasteiger partial charge is 0.307 e. The van der Waals surface area contributed by atoms with Crippen molar-refractivity contribution in [1.29, 1.82) is 0 Å². The predicted octanol–water partition coefficient (Wildman–Crippen LogP) is 0.367. The van der Waals surface area contributed by atoms with Gasteiger partial charge in [-0.3, -0.25) is 14.4 Å². The largest absolute Gasteiger partial charge is 0.481 e. The third-order valence-electron chi connectivity index (χ3n) is 4.98. The lowest BCUT2D eigenvalue weighted by atomic mass is 9.72. The first-order chi connectivity index (χ1) is 9.58. The summed E-state index contributed by atoms with van der Waals surface area (Å²) >= 11 is 0. The van der Waals surface area contributed by atoms with Crippen molar-refractivity contribution in [1.82, 2.24) is 10.2 Å². The summed E-state index contributed by atoms with van der Waals surface area (Å²) in [4.78, 5) is 37.1. The molecule has 1 saturated heterocycles. The van der Waals surface area contributed by atoms with Crippen molar-refractivity contribution in [2.24, 2.45) is 11.8 Å². The van der Waals surface area contributed by atoms with E-state index in [0.717, 1.165) is 25.7 Å². The molecule has 4 atom stereocenters. The number of nitrogens with one attached hydrogen (secondary N) is 1. The highest BCUT2D eigenvalue weighted by atomic mass is 16.4. The number of hydrogen-bond acceptors (Lipinski definition) is 3. The Kier molecular flexibility index (Phi) is 3.40. The number of carbonyl (C=O) groups excluding carboxylic acids is 2. The van der Waals surface area contributed by atoms with Gasteiger partial charge in [0.1, 0.15) is 0 Å². The molecule has 1 heterocycles. The van der Waals surface area contributed by atoms with Gasteiger partial charge in [0.2, 0.25) is 11.8 Å². The van der Waals surface area contributed by atoms with Gasteiger partial charge in [-0.2, -0.15) is 0 Å². The molecule has 4 unspecified atom stereocenters. The first-order valence-electron chi connectivity index (χ1n) is 7.40. The molecule has 3 aliphatic rings. The summed E-state index contributed by atoms with van der Waals surface area (Å²) in [6.07, 6.45) is 5.15. The van der Waals surface area contributed by atoms with E-state index in [4.69, 9.17) is 5.11 Å². The average molecular weight is 280 g/mol. The molecular formula is C14H20N2O4. The summed E-state index contributed by atoms with van der Waals surface area (Å²) in [6.45, 7) is 0.0861. The number of nitrogens with zero attached hydrogens (tertiary/aromatic N) is 1. The zero-order valence-electron chi connectivity index (χ0n) is 11.4. The molecule has 2 N–H and O–H groups in total. The minimum Gasteiger partial charge on any atom is -0.481 e. The summed E-state index contributed by atoms with van der Waals surface area (Å²) in [6, 6.07) is 0.112. The Morgan fingerprint density at radius 2 is 1.80 bits per heavy atom. The Morgan fingerprint density at radius 3 is 2.45 bits per heavy atom. The predicted molar refractivity (Wildman–Crippen MR) is 69.7 cm³/mol.